The fourth-order valence-electron chi connectivity index (χ4n) is 1.47. The topological polar surface area (TPSA) is 48.7 Å². The Bertz CT molecular complexity index is 381. The molecule has 0 radical (unpaired) electrons. The summed E-state index contributed by atoms with van der Waals surface area (Å²) in [4.78, 5) is 4.18. The van der Waals surface area contributed by atoms with Gasteiger partial charge in [-0.3, -0.25) is 4.98 Å². The highest BCUT2D eigenvalue weighted by Gasteiger charge is 2.15. The standard InChI is InChI=1S/C9H8ClN3/c10-9-6(3-11)4-13-8-5-12-2-1-7(8)9/h4,12H,1-2,5H2. The lowest BCUT2D eigenvalue weighted by Crippen LogP contribution is -2.25. The number of nitrogens with one attached hydrogen (secondary N) is 1. The van der Waals surface area contributed by atoms with Crippen molar-refractivity contribution in [3.8, 4) is 6.07 Å². The molecule has 0 saturated heterocycles. The fourth-order valence-corrected chi connectivity index (χ4v) is 1.77. The average Bonchev–Trinajstić information content (AvgIpc) is 2.19. The van der Waals surface area contributed by atoms with Crippen molar-refractivity contribution in [1.82, 2.24) is 10.3 Å². The van der Waals surface area contributed by atoms with Gasteiger partial charge in [0.25, 0.3) is 0 Å². The summed E-state index contributed by atoms with van der Waals surface area (Å²) in [6.07, 6.45) is 2.39. The number of hydrogen-bond donors (Lipinski definition) is 1. The molecule has 0 spiro atoms. The Labute approximate surface area is 81.4 Å². The van der Waals surface area contributed by atoms with Crippen molar-refractivity contribution in [2.24, 2.45) is 0 Å². The molecule has 2 rings (SSSR count). The zero-order valence-corrected chi connectivity index (χ0v) is 7.73. The Hall–Kier alpha value is -1.11. The normalized spacial score (nSPS) is 14.8. The number of nitrogens with zero attached hydrogens (tertiary/aromatic N) is 2. The van der Waals surface area contributed by atoms with Crippen LogP contribution in [0.25, 0.3) is 0 Å². The van der Waals surface area contributed by atoms with Gasteiger partial charge in [0.2, 0.25) is 0 Å². The highest BCUT2D eigenvalue weighted by molar-refractivity contribution is 6.32. The number of aromatic nitrogens is 1. The number of hydrogen-bond acceptors (Lipinski definition) is 3. The van der Waals surface area contributed by atoms with Crippen LogP contribution in [0.3, 0.4) is 0 Å². The molecular formula is C9H8ClN3. The third-order valence-electron chi connectivity index (χ3n) is 2.16. The Morgan fingerprint density at radius 2 is 2.46 bits per heavy atom. The summed E-state index contributed by atoms with van der Waals surface area (Å²) in [6, 6.07) is 2.03. The minimum atomic E-state index is 0.474. The van der Waals surface area contributed by atoms with Gasteiger partial charge in [0.15, 0.2) is 0 Å². The second-order valence-corrected chi connectivity index (χ2v) is 3.33. The number of fused-ring (bicyclic) bond motifs is 1. The number of rotatable bonds is 0. The molecule has 1 N–H and O–H groups in total. The van der Waals surface area contributed by atoms with Crippen LogP contribution in [0, 0.1) is 11.3 Å². The van der Waals surface area contributed by atoms with E-state index in [0.717, 1.165) is 30.8 Å². The fraction of sp³-hybridized carbons (Fsp3) is 0.333. The van der Waals surface area contributed by atoms with Gasteiger partial charge in [-0.1, -0.05) is 11.6 Å². The maximum atomic E-state index is 8.73. The summed E-state index contributed by atoms with van der Waals surface area (Å²) in [5.74, 6) is 0. The highest BCUT2D eigenvalue weighted by atomic mass is 35.5. The van der Waals surface area contributed by atoms with Crippen molar-refractivity contribution in [3.05, 3.63) is 28.0 Å². The second-order valence-electron chi connectivity index (χ2n) is 2.95. The van der Waals surface area contributed by atoms with Crippen LogP contribution in [-0.2, 0) is 13.0 Å². The number of pyridine rings is 1. The Morgan fingerprint density at radius 1 is 1.62 bits per heavy atom. The van der Waals surface area contributed by atoms with Crippen molar-refractivity contribution in [2.75, 3.05) is 6.54 Å². The molecule has 0 atom stereocenters. The third-order valence-corrected chi connectivity index (χ3v) is 2.60. The van der Waals surface area contributed by atoms with Crippen LogP contribution < -0.4 is 5.32 Å². The monoisotopic (exact) mass is 193 g/mol. The molecule has 2 heterocycles. The summed E-state index contributed by atoms with van der Waals surface area (Å²) in [7, 11) is 0. The molecule has 0 bridgehead atoms. The van der Waals surface area contributed by atoms with Crippen LogP contribution in [-0.4, -0.2) is 11.5 Å². The van der Waals surface area contributed by atoms with Gasteiger partial charge in [0.05, 0.1) is 16.3 Å². The molecule has 0 aromatic carbocycles. The van der Waals surface area contributed by atoms with E-state index in [9.17, 15) is 0 Å². The van der Waals surface area contributed by atoms with Crippen molar-refractivity contribution in [3.63, 3.8) is 0 Å². The van der Waals surface area contributed by atoms with Gasteiger partial charge < -0.3 is 5.32 Å². The van der Waals surface area contributed by atoms with E-state index in [4.69, 9.17) is 16.9 Å². The zero-order chi connectivity index (χ0) is 9.26. The van der Waals surface area contributed by atoms with Crippen LogP contribution in [0.4, 0.5) is 0 Å². The molecule has 1 aliphatic heterocycles. The van der Waals surface area contributed by atoms with Gasteiger partial charge >= 0.3 is 0 Å². The molecule has 66 valence electrons. The van der Waals surface area contributed by atoms with Crippen molar-refractivity contribution in [2.45, 2.75) is 13.0 Å². The second kappa shape index (κ2) is 3.33. The zero-order valence-electron chi connectivity index (χ0n) is 6.97. The summed E-state index contributed by atoms with van der Waals surface area (Å²) < 4.78 is 0. The van der Waals surface area contributed by atoms with Gasteiger partial charge in [-0.2, -0.15) is 5.26 Å². The average molecular weight is 194 g/mol. The lowest BCUT2D eigenvalue weighted by atomic mass is 10.0. The first-order valence-electron chi connectivity index (χ1n) is 4.10. The summed E-state index contributed by atoms with van der Waals surface area (Å²) in [6.45, 7) is 1.66. The summed E-state index contributed by atoms with van der Waals surface area (Å²) >= 11 is 6.04. The van der Waals surface area contributed by atoms with Crippen LogP contribution in [0.2, 0.25) is 5.02 Å². The minimum Gasteiger partial charge on any atom is -0.311 e. The molecule has 0 fully saturated rings. The van der Waals surface area contributed by atoms with Crippen LogP contribution in [0.15, 0.2) is 6.20 Å². The van der Waals surface area contributed by atoms with Crippen LogP contribution in [0.1, 0.15) is 16.8 Å². The van der Waals surface area contributed by atoms with Gasteiger partial charge in [-0.15, -0.1) is 0 Å². The molecule has 1 aromatic rings. The predicted octanol–water partition coefficient (Wildman–Crippen LogP) is 1.25. The van der Waals surface area contributed by atoms with E-state index in [0.29, 0.717) is 10.6 Å². The van der Waals surface area contributed by atoms with E-state index in [1.165, 1.54) is 6.20 Å². The molecule has 0 aliphatic carbocycles. The van der Waals surface area contributed by atoms with Crippen molar-refractivity contribution in [1.29, 1.82) is 5.26 Å². The van der Waals surface area contributed by atoms with Gasteiger partial charge in [0, 0.05) is 12.7 Å². The quantitative estimate of drug-likeness (QED) is 0.675. The van der Waals surface area contributed by atoms with Gasteiger partial charge in [-0.05, 0) is 18.5 Å². The molecule has 1 aliphatic rings. The van der Waals surface area contributed by atoms with Crippen molar-refractivity contribution < 1.29 is 0 Å². The molecule has 4 heteroatoms. The Kier molecular flexibility index (Phi) is 2.17. The third kappa shape index (κ3) is 1.39. The van der Waals surface area contributed by atoms with E-state index in [-0.39, 0.29) is 0 Å². The van der Waals surface area contributed by atoms with Crippen LogP contribution in [0.5, 0.6) is 0 Å². The van der Waals surface area contributed by atoms with Crippen molar-refractivity contribution >= 4 is 11.6 Å². The van der Waals surface area contributed by atoms with E-state index in [2.05, 4.69) is 10.3 Å². The largest absolute Gasteiger partial charge is 0.311 e. The van der Waals surface area contributed by atoms with Gasteiger partial charge in [0.1, 0.15) is 6.07 Å². The molecule has 0 amide bonds. The van der Waals surface area contributed by atoms with E-state index >= 15 is 0 Å². The maximum absolute atomic E-state index is 8.73. The maximum Gasteiger partial charge on any atom is 0.102 e. The highest BCUT2D eigenvalue weighted by Crippen LogP contribution is 2.24. The lowest BCUT2D eigenvalue weighted by molar-refractivity contribution is 0.627. The predicted molar refractivity (Wildman–Crippen MR) is 49.4 cm³/mol. The van der Waals surface area contributed by atoms with Gasteiger partial charge in [-0.25, -0.2) is 0 Å². The molecule has 0 saturated carbocycles. The SMILES string of the molecule is N#Cc1cnc2c(c1Cl)CCNC2. The number of halogens is 1. The molecule has 3 nitrogen and oxygen atoms in total. The molecule has 1 aromatic heterocycles. The minimum absolute atomic E-state index is 0.474. The first-order chi connectivity index (χ1) is 6.33. The van der Waals surface area contributed by atoms with E-state index < -0.39 is 0 Å². The van der Waals surface area contributed by atoms with Crippen LogP contribution >= 0.6 is 11.6 Å². The summed E-state index contributed by atoms with van der Waals surface area (Å²) in [5, 5.41) is 12.5. The first-order valence-corrected chi connectivity index (χ1v) is 4.48. The molecule has 0 unspecified atom stereocenters. The first kappa shape index (κ1) is 8.49. The lowest BCUT2D eigenvalue weighted by Gasteiger charge is -2.17. The molecule has 13 heavy (non-hydrogen) atoms. The Morgan fingerprint density at radius 3 is 3.23 bits per heavy atom. The Balaban J connectivity index is 2.56. The molecular weight excluding hydrogens is 186 g/mol. The van der Waals surface area contributed by atoms with E-state index in [1.807, 2.05) is 6.07 Å². The number of nitriles is 1. The summed E-state index contributed by atoms with van der Waals surface area (Å²) in [5.41, 5.74) is 2.47. The smallest absolute Gasteiger partial charge is 0.102 e. The van der Waals surface area contributed by atoms with E-state index in [1.54, 1.807) is 0 Å².